The standard InChI is InChI=1S/C20H20ClN3O2S/c21-17-6-2-1-5-15(17)11-19(25)24-8-3-4-14(12-24)10-18-22-20(23-26-18)16-7-9-27-13-16/h1-2,5-7,9,13-14H,3-4,8,10-12H2/t14-/m1/s1. The number of benzene rings is 1. The second-order valence-electron chi connectivity index (χ2n) is 6.84. The molecular formula is C20H20ClN3O2S. The summed E-state index contributed by atoms with van der Waals surface area (Å²) in [7, 11) is 0. The molecule has 1 aliphatic rings. The number of halogens is 1. The van der Waals surface area contributed by atoms with Crippen LogP contribution in [0.4, 0.5) is 0 Å². The number of nitrogens with zero attached hydrogens (tertiary/aromatic N) is 3. The first-order valence-electron chi connectivity index (χ1n) is 9.05. The van der Waals surface area contributed by atoms with Crippen LogP contribution >= 0.6 is 22.9 Å². The second-order valence-corrected chi connectivity index (χ2v) is 8.03. The zero-order valence-electron chi connectivity index (χ0n) is 14.8. The smallest absolute Gasteiger partial charge is 0.227 e. The number of aromatic nitrogens is 2. The van der Waals surface area contributed by atoms with E-state index in [1.807, 2.05) is 46.0 Å². The van der Waals surface area contributed by atoms with Gasteiger partial charge in [0.2, 0.25) is 17.6 Å². The van der Waals surface area contributed by atoms with Gasteiger partial charge in [0.15, 0.2) is 0 Å². The first-order valence-corrected chi connectivity index (χ1v) is 10.4. The molecule has 1 amide bonds. The lowest BCUT2D eigenvalue weighted by Crippen LogP contribution is -2.41. The Hall–Kier alpha value is -2.18. The van der Waals surface area contributed by atoms with Crippen LogP contribution in [0.1, 0.15) is 24.3 Å². The van der Waals surface area contributed by atoms with E-state index in [1.54, 1.807) is 11.3 Å². The van der Waals surface area contributed by atoms with Crippen LogP contribution in [-0.4, -0.2) is 34.0 Å². The van der Waals surface area contributed by atoms with Crippen molar-refractivity contribution < 1.29 is 9.32 Å². The highest BCUT2D eigenvalue weighted by molar-refractivity contribution is 7.08. The molecule has 1 aromatic carbocycles. The summed E-state index contributed by atoms with van der Waals surface area (Å²) < 4.78 is 5.42. The summed E-state index contributed by atoms with van der Waals surface area (Å²) in [6.07, 6.45) is 3.10. The van der Waals surface area contributed by atoms with Gasteiger partial charge in [-0.05, 0) is 41.8 Å². The number of piperidine rings is 1. The Morgan fingerprint density at radius 1 is 1.33 bits per heavy atom. The Morgan fingerprint density at radius 3 is 3.04 bits per heavy atom. The summed E-state index contributed by atoms with van der Waals surface area (Å²) >= 11 is 7.80. The van der Waals surface area contributed by atoms with Crippen LogP contribution in [-0.2, 0) is 17.6 Å². The van der Waals surface area contributed by atoms with E-state index in [4.69, 9.17) is 16.1 Å². The van der Waals surface area contributed by atoms with Gasteiger partial charge < -0.3 is 9.42 Å². The van der Waals surface area contributed by atoms with E-state index in [-0.39, 0.29) is 5.91 Å². The molecule has 0 saturated carbocycles. The van der Waals surface area contributed by atoms with Crippen molar-refractivity contribution >= 4 is 28.8 Å². The number of amides is 1. The summed E-state index contributed by atoms with van der Waals surface area (Å²) in [5.41, 5.74) is 1.86. The number of carbonyl (C=O) groups is 1. The molecule has 1 atom stereocenters. The molecule has 1 aliphatic heterocycles. The van der Waals surface area contributed by atoms with Crippen LogP contribution in [0.25, 0.3) is 11.4 Å². The average molecular weight is 402 g/mol. The molecule has 3 heterocycles. The topological polar surface area (TPSA) is 59.2 Å². The number of carbonyl (C=O) groups excluding carboxylic acids is 1. The number of thiophene rings is 1. The summed E-state index contributed by atoms with van der Waals surface area (Å²) in [6, 6.07) is 9.50. The van der Waals surface area contributed by atoms with Crippen molar-refractivity contribution in [3.8, 4) is 11.4 Å². The maximum Gasteiger partial charge on any atom is 0.227 e. The molecule has 5 nitrogen and oxygen atoms in total. The molecule has 0 aliphatic carbocycles. The van der Waals surface area contributed by atoms with Crippen LogP contribution < -0.4 is 0 Å². The van der Waals surface area contributed by atoms with Gasteiger partial charge >= 0.3 is 0 Å². The molecule has 0 radical (unpaired) electrons. The predicted octanol–water partition coefficient (Wildman–Crippen LogP) is 4.48. The number of hydrogen-bond donors (Lipinski definition) is 0. The molecule has 140 valence electrons. The lowest BCUT2D eigenvalue weighted by Gasteiger charge is -2.32. The fraction of sp³-hybridized carbons (Fsp3) is 0.350. The summed E-state index contributed by atoms with van der Waals surface area (Å²) in [5, 5.41) is 8.71. The van der Waals surface area contributed by atoms with Gasteiger partial charge in [-0.15, -0.1) is 0 Å². The Bertz CT molecular complexity index is 910. The highest BCUT2D eigenvalue weighted by Crippen LogP contribution is 2.24. The molecule has 27 heavy (non-hydrogen) atoms. The van der Waals surface area contributed by atoms with Gasteiger partial charge in [-0.3, -0.25) is 4.79 Å². The maximum absolute atomic E-state index is 12.7. The minimum absolute atomic E-state index is 0.122. The van der Waals surface area contributed by atoms with Crippen molar-refractivity contribution in [2.45, 2.75) is 25.7 Å². The van der Waals surface area contributed by atoms with E-state index in [9.17, 15) is 4.79 Å². The Kier molecular flexibility index (Phi) is 5.55. The van der Waals surface area contributed by atoms with E-state index < -0.39 is 0 Å². The summed E-state index contributed by atoms with van der Waals surface area (Å²) in [6.45, 7) is 1.52. The highest BCUT2D eigenvalue weighted by Gasteiger charge is 2.26. The average Bonchev–Trinajstić information content (AvgIpc) is 3.35. The van der Waals surface area contributed by atoms with Crippen molar-refractivity contribution in [3.05, 3.63) is 57.6 Å². The maximum atomic E-state index is 12.7. The van der Waals surface area contributed by atoms with Crippen LogP contribution in [0.3, 0.4) is 0 Å². The monoisotopic (exact) mass is 401 g/mol. The number of likely N-dealkylation sites (tertiary alicyclic amines) is 1. The van der Waals surface area contributed by atoms with Crippen LogP contribution in [0.15, 0.2) is 45.6 Å². The van der Waals surface area contributed by atoms with E-state index in [1.165, 1.54) is 0 Å². The molecule has 0 N–H and O–H groups in total. The largest absolute Gasteiger partial charge is 0.342 e. The first-order chi connectivity index (χ1) is 13.2. The normalized spacial score (nSPS) is 17.2. The Labute approximate surface area is 167 Å². The molecule has 0 spiro atoms. The summed E-state index contributed by atoms with van der Waals surface area (Å²) in [4.78, 5) is 19.1. The minimum Gasteiger partial charge on any atom is -0.342 e. The molecule has 2 aromatic heterocycles. The first kappa shape index (κ1) is 18.2. The second kappa shape index (κ2) is 8.23. The van der Waals surface area contributed by atoms with Gasteiger partial charge in [0.25, 0.3) is 0 Å². The van der Waals surface area contributed by atoms with E-state index in [2.05, 4.69) is 10.1 Å². The zero-order valence-corrected chi connectivity index (χ0v) is 16.4. The molecule has 4 rings (SSSR count). The molecule has 0 bridgehead atoms. The lowest BCUT2D eigenvalue weighted by atomic mass is 9.94. The van der Waals surface area contributed by atoms with Gasteiger partial charge in [0.05, 0.1) is 6.42 Å². The molecule has 1 fully saturated rings. The van der Waals surface area contributed by atoms with Crippen LogP contribution in [0.5, 0.6) is 0 Å². The summed E-state index contributed by atoms with van der Waals surface area (Å²) in [5.74, 6) is 1.73. The molecule has 3 aromatic rings. The molecule has 0 unspecified atom stereocenters. The molecule has 1 saturated heterocycles. The third-order valence-corrected chi connectivity index (χ3v) is 5.93. The quantitative estimate of drug-likeness (QED) is 0.632. The van der Waals surface area contributed by atoms with Crippen LogP contribution in [0.2, 0.25) is 5.02 Å². The predicted molar refractivity (Wildman–Crippen MR) is 106 cm³/mol. The Morgan fingerprint density at radius 2 is 2.22 bits per heavy atom. The van der Waals surface area contributed by atoms with Crippen molar-refractivity contribution in [1.82, 2.24) is 15.0 Å². The Balaban J connectivity index is 1.37. The van der Waals surface area contributed by atoms with Crippen molar-refractivity contribution in [3.63, 3.8) is 0 Å². The van der Waals surface area contributed by atoms with E-state index in [0.29, 0.717) is 35.5 Å². The zero-order chi connectivity index (χ0) is 18.6. The number of rotatable bonds is 5. The van der Waals surface area contributed by atoms with Crippen molar-refractivity contribution in [1.29, 1.82) is 0 Å². The van der Waals surface area contributed by atoms with Crippen molar-refractivity contribution in [2.24, 2.45) is 5.92 Å². The fourth-order valence-corrected chi connectivity index (χ4v) is 4.31. The van der Waals surface area contributed by atoms with Crippen LogP contribution in [0, 0.1) is 5.92 Å². The SMILES string of the molecule is O=C(Cc1ccccc1Cl)N1CCC[C@H](Cc2nc(-c3ccsc3)no2)C1. The van der Waals surface area contributed by atoms with Gasteiger partial charge in [0, 0.05) is 35.5 Å². The third-order valence-electron chi connectivity index (χ3n) is 4.88. The number of hydrogen-bond acceptors (Lipinski definition) is 5. The molecular weight excluding hydrogens is 382 g/mol. The fourth-order valence-electron chi connectivity index (χ4n) is 3.47. The highest BCUT2D eigenvalue weighted by atomic mass is 35.5. The van der Waals surface area contributed by atoms with E-state index >= 15 is 0 Å². The third kappa shape index (κ3) is 4.39. The molecule has 7 heteroatoms. The lowest BCUT2D eigenvalue weighted by molar-refractivity contribution is -0.132. The van der Waals surface area contributed by atoms with Gasteiger partial charge in [0.1, 0.15) is 0 Å². The van der Waals surface area contributed by atoms with Gasteiger partial charge in [-0.25, -0.2) is 0 Å². The van der Waals surface area contributed by atoms with Gasteiger partial charge in [-0.1, -0.05) is 35.0 Å². The minimum atomic E-state index is 0.122. The van der Waals surface area contributed by atoms with E-state index in [0.717, 1.165) is 37.1 Å². The van der Waals surface area contributed by atoms with Crippen molar-refractivity contribution in [2.75, 3.05) is 13.1 Å². The van der Waals surface area contributed by atoms with Gasteiger partial charge in [-0.2, -0.15) is 16.3 Å².